The number of carbonyl (C=O) groups excluding carboxylic acids is 1. The Kier molecular flexibility index (Phi) is 6.11. The van der Waals surface area contributed by atoms with Crippen LogP contribution in [0.15, 0.2) is 36.0 Å². The molecule has 1 aliphatic heterocycles. The first-order chi connectivity index (χ1) is 10.0. The Labute approximate surface area is 131 Å². The summed E-state index contributed by atoms with van der Waals surface area (Å²) in [4.78, 5) is 11.7. The molecule has 124 valence electrons. The summed E-state index contributed by atoms with van der Waals surface area (Å²) < 4.78 is 5.17. The van der Waals surface area contributed by atoms with E-state index in [9.17, 15) is 20.1 Å². The fourth-order valence-electron chi connectivity index (χ4n) is 1.99. The minimum Gasteiger partial charge on any atom is -0.456 e. The Morgan fingerprint density at radius 3 is 2.55 bits per heavy atom. The number of aliphatic hydroxyl groups excluding tert-OH is 1. The molecular weight excluding hydrogens is 284 g/mol. The molecule has 1 heterocycles. The number of hydrogen-bond acceptors (Lipinski definition) is 5. The normalized spacial score (nSPS) is 43.4. The number of carbonyl (C=O) groups is 1. The molecule has 0 aromatic rings. The van der Waals surface area contributed by atoms with Gasteiger partial charge in [-0.05, 0) is 52.2 Å². The number of rotatable bonds is 0. The van der Waals surface area contributed by atoms with Gasteiger partial charge in [-0.25, -0.2) is 4.79 Å². The quantitative estimate of drug-likeness (QED) is 0.468. The Bertz CT molecular complexity index is 485. The molecule has 0 aromatic carbocycles. The third kappa shape index (κ3) is 5.75. The SMILES string of the molecule is C/C1=C\CC[C@](C)(O)[C@@H](C)OC(=O)/C=C/[C@](C)(O)/C=C/[C@@H]1O. The summed E-state index contributed by atoms with van der Waals surface area (Å²) >= 11 is 0. The van der Waals surface area contributed by atoms with Gasteiger partial charge < -0.3 is 20.1 Å². The summed E-state index contributed by atoms with van der Waals surface area (Å²) in [6.07, 6.45) is 6.55. The van der Waals surface area contributed by atoms with Gasteiger partial charge in [0.25, 0.3) is 0 Å². The molecule has 3 N–H and O–H groups in total. The first-order valence-electron chi connectivity index (χ1n) is 7.42. The largest absolute Gasteiger partial charge is 0.456 e. The van der Waals surface area contributed by atoms with Crippen LogP contribution in [0, 0.1) is 0 Å². The number of allylic oxidation sites excluding steroid dienone is 1. The molecule has 22 heavy (non-hydrogen) atoms. The van der Waals surface area contributed by atoms with Crippen LogP contribution < -0.4 is 0 Å². The van der Waals surface area contributed by atoms with Gasteiger partial charge in [-0.2, -0.15) is 0 Å². The summed E-state index contributed by atoms with van der Waals surface area (Å²) in [5.74, 6) is -0.634. The first-order valence-corrected chi connectivity index (χ1v) is 7.42. The zero-order valence-electron chi connectivity index (χ0n) is 13.6. The van der Waals surface area contributed by atoms with Crippen molar-refractivity contribution in [2.75, 3.05) is 0 Å². The highest BCUT2D eigenvalue weighted by Crippen LogP contribution is 2.22. The highest BCUT2D eigenvalue weighted by Gasteiger charge is 2.30. The van der Waals surface area contributed by atoms with Gasteiger partial charge in [0.15, 0.2) is 0 Å². The lowest BCUT2D eigenvalue weighted by atomic mass is 9.93. The van der Waals surface area contributed by atoms with E-state index >= 15 is 0 Å². The molecule has 1 aliphatic rings. The second-order valence-electron chi connectivity index (χ2n) is 6.29. The van der Waals surface area contributed by atoms with E-state index in [0.29, 0.717) is 12.8 Å². The molecule has 0 spiro atoms. The van der Waals surface area contributed by atoms with Crippen LogP contribution in [0.5, 0.6) is 0 Å². The summed E-state index contributed by atoms with van der Waals surface area (Å²) in [6, 6.07) is 0. The van der Waals surface area contributed by atoms with Gasteiger partial charge >= 0.3 is 5.97 Å². The van der Waals surface area contributed by atoms with Crippen molar-refractivity contribution in [2.45, 2.75) is 63.9 Å². The Balaban J connectivity index is 3.08. The molecule has 0 radical (unpaired) electrons. The molecule has 0 bridgehead atoms. The van der Waals surface area contributed by atoms with Gasteiger partial charge in [0.1, 0.15) is 6.10 Å². The van der Waals surface area contributed by atoms with E-state index in [-0.39, 0.29) is 0 Å². The van der Waals surface area contributed by atoms with Gasteiger partial charge in [-0.15, -0.1) is 0 Å². The Morgan fingerprint density at radius 1 is 1.27 bits per heavy atom. The third-order valence-electron chi connectivity index (χ3n) is 3.92. The number of aliphatic hydroxyl groups is 3. The lowest BCUT2D eigenvalue weighted by molar-refractivity contribution is -0.156. The van der Waals surface area contributed by atoms with Gasteiger partial charge in [0.2, 0.25) is 0 Å². The van der Waals surface area contributed by atoms with E-state index in [1.807, 2.05) is 6.08 Å². The topological polar surface area (TPSA) is 87.0 Å². The fourth-order valence-corrected chi connectivity index (χ4v) is 1.99. The molecule has 0 amide bonds. The average Bonchev–Trinajstić information content (AvgIpc) is 2.41. The van der Waals surface area contributed by atoms with Crippen LogP contribution in [0.2, 0.25) is 0 Å². The van der Waals surface area contributed by atoms with E-state index in [2.05, 4.69) is 0 Å². The number of ether oxygens (including phenoxy) is 1. The number of esters is 1. The molecule has 5 nitrogen and oxygen atoms in total. The van der Waals surface area contributed by atoms with E-state index in [1.165, 1.54) is 25.2 Å². The van der Waals surface area contributed by atoms with Crippen LogP contribution in [-0.4, -0.2) is 44.7 Å². The van der Waals surface area contributed by atoms with Crippen molar-refractivity contribution in [3.8, 4) is 0 Å². The maximum atomic E-state index is 11.7. The molecule has 4 atom stereocenters. The summed E-state index contributed by atoms with van der Waals surface area (Å²) in [5, 5.41) is 30.5. The molecule has 1 rings (SSSR count). The van der Waals surface area contributed by atoms with Gasteiger partial charge in [-0.3, -0.25) is 0 Å². The van der Waals surface area contributed by atoms with Crippen molar-refractivity contribution in [1.82, 2.24) is 0 Å². The average molecular weight is 310 g/mol. The summed E-state index contributed by atoms with van der Waals surface area (Å²) in [6.45, 7) is 6.51. The van der Waals surface area contributed by atoms with Gasteiger partial charge in [0.05, 0.1) is 17.3 Å². The first kappa shape index (κ1) is 18.6. The van der Waals surface area contributed by atoms with Crippen molar-refractivity contribution < 1.29 is 24.9 Å². The van der Waals surface area contributed by atoms with Crippen LogP contribution in [0.1, 0.15) is 40.5 Å². The van der Waals surface area contributed by atoms with Crippen molar-refractivity contribution in [1.29, 1.82) is 0 Å². The molecule has 0 aromatic heterocycles. The molecule has 5 heteroatoms. The predicted molar refractivity (Wildman–Crippen MR) is 84.1 cm³/mol. The van der Waals surface area contributed by atoms with Crippen molar-refractivity contribution in [2.24, 2.45) is 0 Å². The zero-order valence-corrected chi connectivity index (χ0v) is 13.6. The monoisotopic (exact) mass is 310 g/mol. The summed E-state index contributed by atoms with van der Waals surface area (Å²) in [7, 11) is 0. The van der Waals surface area contributed by atoms with E-state index in [0.717, 1.165) is 11.6 Å². The van der Waals surface area contributed by atoms with E-state index in [4.69, 9.17) is 4.74 Å². The van der Waals surface area contributed by atoms with Crippen LogP contribution in [0.4, 0.5) is 0 Å². The minimum atomic E-state index is -1.38. The van der Waals surface area contributed by atoms with Crippen molar-refractivity contribution in [3.05, 3.63) is 36.0 Å². The minimum absolute atomic E-state index is 0.399. The standard InChI is InChI=1S/C17H26O5/c1-12-6-5-9-17(4,21)13(2)22-15(19)8-11-16(3,20)10-7-14(12)18/h6-8,10-11,13-14,18,20-21H,5,9H2,1-4H3/b10-7+,11-8+,12-6+/t13-,14+,16-,17+/m1/s1. The Morgan fingerprint density at radius 2 is 1.91 bits per heavy atom. The maximum Gasteiger partial charge on any atom is 0.330 e. The number of hydrogen-bond donors (Lipinski definition) is 3. The van der Waals surface area contributed by atoms with E-state index < -0.39 is 29.4 Å². The molecular formula is C17H26O5. The maximum absolute atomic E-state index is 11.7. The predicted octanol–water partition coefficient (Wildman–Crippen LogP) is 1.63. The van der Waals surface area contributed by atoms with Crippen LogP contribution in [0.25, 0.3) is 0 Å². The second-order valence-corrected chi connectivity index (χ2v) is 6.29. The van der Waals surface area contributed by atoms with Crippen LogP contribution in [0.3, 0.4) is 0 Å². The van der Waals surface area contributed by atoms with Crippen molar-refractivity contribution >= 4 is 5.97 Å². The Hall–Kier alpha value is -1.43. The smallest absolute Gasteiger partial charge is 0.330 e. The lowest BCUT2D eigenvalue weighted by Gasteiger charge is -2.29. The third-order valence-corrected chi connectivity index (χ3v) is 3.92. The fraction of sp³-hybridized carbons (Fsp3) is 0.588. The van der Waals surface area contributed by atoms with Crippen LogP contribution >= 0.6 is 0 Å². The molecule has 0 saturated carbocycles. The molecule has 0 fully saturated rings. The molecule has 0 saturated heterocycles. The highest BCUT2D eigenvalue weighted by atomic mass is 16.6. The van der Waals surface area contributed by atoms with E-state index in [1.54, 1.807) is 20.8 Å². The zero-order chi connectivity index (χ0) is 17.0. The highest BCUT2D eigenvalue weighted by molar-refractivity contribution is 5.82. The second kappa shape index (κ2) is 7.22. The molecule has 0 unspecified atom stereocenters. The number of cyclic esters (lactones) is 1. The molecule has 0 aliphatic carbocycles. The lowest BCUT2D eigenvalue weighted by Crippen LogP contribution is -2.40. The van der Waals surface area contributed by atoms with Crippen LogP contribution in [-0.2, 0) is 9.53 Å². The van der Waals surface area contributed by atoms with Gasteiger partial charge in [0, 0.05) is 6.08 Å². The summed E-state index contributed by atoms with van der Waals surface area (Å²) in [5.41, 5.74) is -1.82. The van der Waals surface area contributed by atoms with Gasteiger partial charge in [-0.1, -0.05) is 18.2 Å². The van der Waals surface area contributed by atoms with Crippen molar-refractivity contribution in [3.63, 3.8) is 0 Å².